The number of nitrogens with zero attached hydrogens (tertiary/aromatic N) is 1. The van der Waals surface area contributed by atoms with Gasteiger partial charge in [0.25, 0.3) is 5.91 Å². The van der Waals surface area contributed by atoms with Crippen LogP contribution in [0.25, 0.3) is 6.08 Å². The fourth-order valence-electron chi connectivity index (χ4n) is 3.33. The highest BCUT2D eigenvalue weighted by Crippen LogP contribution is 2.36. The minimum absolute atomic E-state index is 0.0392. The minimum atomic E-state index is -0.314. The van der Waals surface area contributed by atoms with E-state index in [0.717, 1.165) is 29.5 Å². The van der Waals surface area contributed by atoms with Crippen LogP contribution >= 0.6 is 39.9 Å². The van der Waals surface area contributed by atoms with Crippen LogP contribution in [0.5, 0.6) is 5.75 Å². The first kappa shape index (κ1) is 21.5. The van der Waals surface area contributed by atoms with E-state index in [0.29, 0.717) is 27.1 Å². The Morgan fingerprint density at radius 3 is 2.93 bits per heavy atom. The molecule has 0 radical (unpaired) electrons. The summed E-state index contributed by atoms with van der Waals surface area (Å²) in [6.45, 7) is 1.31. The number of rotatable bonds is 6. The van der Waals surface area contributed by atoms with Gasteiger partial charge in [-0.15, -0.1) is 0 Å². The first-order chi connectivity index (χ1) is 14.5. The van der Waals surface area contributed by atoms with E-state index in [-0.39, 0.29) is 24.4 Å². The monoisotopic (exact) mass is 507 g/mol. The Kier molecular flexibility index (Phi) is 6.87. The Morgan fingerprint density at radius 2 is 2.17 bits per heavy atom. The topological polar surface area (TPSA) is 38.8 Å². The number of amides is 1. The predicted octanol–water partition coefficient (Wildman–Crippen LogP) is 5.55. The number of halogens is 2. The molecule has 156 valence electrons. The molecular formula is C22H19BrFNO3S2. The molecule has 8 heteroatoms. The highest BCUT2D eigenvalue weighted by atomic mass is 79.9. The lowest BCUT2D eigenvalue weighted by molar-refractivity contribution is -0.123. The Balaban J connectivity index is 1.54. The maximum atomic E-state index is 13.9. The van der Waals surface area contributed by atoms with Gasteiger partial charge in [0, 0.05) is 22.2 Å². The standard InChI is InChI=1S/C22H19BrFNO3S2/c23-16-7-8-19(28-13-14-4-1-2-6-18(14)24)15(10-16)11-20-21(26)25(22(29)30-20)12-17-5-3-9-27-17/h1-2,4,6-8,10-11,17H,3,5,9,12-13H2/b20-11-/t17-/m0/s1. The molecular weight excluding hydrogens is 489 g/mol. The summed E-state index contributed by atoms with van der Waals surface area (Å²) in [5.74, 6) is 0.123. The molecule has 1 atom stereocenters. The van der Waals surface area contributed by atoms with E-state index in [1.54, 1.807) is 35.2 Å². The molecule has 2 aliphatic rings. The van der Waals surface area contributed by atoms with Crippen molar-refractivity contribution in [3.63, 3.8) is 0 Å². The molecule has 4 rings (SSSR count). The van der Waals surface area contributed by atoms with Crippen LogP contribution in [-0.4, -0.2) is 34.4 Å². The number of hydrogen-bond donors (Lipinski definition) is 0. The van der Waals surface area contributed by atoms with Crippen molar-refractivity contribution in [2.24, 2.45) is 0 Å². The fraction of sp³-hybridized carbons (Fsp3) is 0.273. The smallest absolute Gasteiger partial charge is 0.266 e. The molecule has 2 fully saturated rings. The van der Waals surface area contributed by atoms with Gasteiger partial charge in [0.2, 0.25) is 0 Å². The predicted molar refractivity (Wildman–Crippen MR) is 124 cm³/mol. The molecule has 0 aliphatic carbocycles. The number of carbonyl (C=O) groups excluding carboxylic acids is 1. The average Bonchev–Trinajstić information content (AvgIpc) is 3.33. The second-order valence-corrected chi connectivity index (χ2v) is 9.58. The van der Waals surface area contributed by atoms with E-state index in [1.807, 2.05) is 12.1 Å². The van der Waals surface area contributed by atoms with Crippen LogP contribution in [0.3, 0.4) is 0 Å². The maximum Gasteiger partial charge on any atom is 0.266 e. The molecule has 1 amide bonds. The molecule has 2 saturated heterocycles. The van der Waals surface area contributed by atoms with Crippen molar-refractivity contribution in [3.8, 4) is 5.75 Å². The molecule has 0 N–H and O–H groups in total. The Bertz CT molecular complexity index is 1010. The molecule has 30 heavy (non-hydrogen) atoms. The summed E-state index contributed by atoms with van der Waals surface area (Å²) >= 11 is 10.2. The van der Waals surface area contributed by atoms with Crippen molar-refractivity contribution < 1.29 is 18.7 Å². The van der Waals surface area contributed by atoms with Crippen molar-refractivity contribution in [3.05, 3.63) is 68.8 Å². The van der Waals surface area contributed by atoms with Crippen molar-refractivity contribution in [1.29, 1.82) is 0 Å². The van der Waals surface area contributed by atoms with Crippen LogP contribution in [0, 0.1) is 5.82 Å². The first-order valence-corrected chi connectivity index (χ1v) is 11.6. The van der Waals surface area contributed by atoms with Crippen LogP contribution in [0.15, 0.2) is 51.8 Å². The summed E-state index contributed by atoms with van der Waals surface area (Å²) < 4.78 is 26.8. The van der Waals surface area contributed by atoms with Gasteiger partial charge < -0.3 is 9.47 Å². The maximum absolute atomic E-state index is 13.9. The molecule has 4 nitrogen and oxygen atoms in total. The molecule has 2 aromatic rings. The van der Waals surface area contributed by atoms with Crippen LogP contribution in [0.1, 0.15) is 24.0 Å². The molecule has 0 bridgehead atoms. The second-order valence-electron chi connectivity index (χ2n) is 6.99. The largest absolute Gasteiger partial charge is 0.488 e. The summed E-state index contributed by atoms with van der Waals surface area (Å²) in [6, 6.07) is 12.0. The zero-order valence-corrected chi connectivity index (χ0v) is 19.2. The highest BCUT2D eigenvalue weighted by molar-refractivity contribution is 9.10. The number of benzene rings is 2. The van der Waals surface area contributed by atoms with Crippen LogP contribution < -0.4 is 4.74 Å². The van der Waals surface area contributed by atoms with Crippen molar-refractivity contribution in [1.82, 2.24) is 4.90 Å². The summed E-state index contributed by atoms with van der Waals surface area (Å²) in [4.78, 5) is 15.1. The van der Waals surface area contributed by atoms with Crippen molar-refractivity contribution in [2.75, 3.05) is 13.2 Å². The Hall–Kier alpha value is -1.74. The number of thiocarbonyl (C=S) groups is 1. The van der Waals surface area contributed by atoms with E-state index in [1.165, 1.54) is 17.8 Å². The summed E-state index contributed by atoms with van der Waals surface area (Å²) in [5.41, 5.74) is 1.19. The zero-order chi connectivity index (χ0) is 21.1. The number of carbonyl (C=O) groups is 1. The molecule has 0 aromatic heterocycles. The SMILES string of the molecule is O=C1/C(=C/c2cc(Br)ccc2OCc2ccccc2F)SC(=S)N1C[C@@H]1CCCO1. The number of ether oxygens (including phenoxy) is 2. The summed E-state index contributed by atoms with van der Waals surface area (Å²) in [6.07, 6.45) is 3.76. The molecule has 0 spiro atoms. The average molecular weight is 508 g/mol. The van der Waals surface area contributed by atoms with Gasteiger partial charge in [-0.05, 0) is 43.2 Å². The van der Waals surface area contributed by atoms with E-state index in [4.69, 9.17) is 21.7 Å². The first-order valence-electron chi connectivity index (χ1n) is 9.54. The molecule has 2 aliphatic heterocycles. The third-order valence-corrected chi connectivity index (χ3v) is 6.75. The van der Waals surface area contributed by atoms with E-state index in [9.17, 15) is 9.18 Å². The van der Waals surface area contributed by atoms with Gasteiger partial charge in [0.1, 0.15) is 22.5 Å². The van der Waals surface area contributed by atoms with Crippen molar-refractivity contribution >= 4 is 56.2 Å². The zero-order valence-electron chi connectivity index (χ0n) is 16.0. The summed E-state index contributed by atoms with van der Waals surface area (Å²) in [7, 11) is 0. The van der Waals surface area contributed by atoms with Crippen LogP contribution in [-0.2, 0) is 16.1 Å². The molecule has 2 aromatic carbocycles. The lowest BCUT2D eigenvalue weighted by Gasteiger charge is -2.18. The normalized spacial score (nSPS) is 20.4. The minimum Gasteiger partial charge on any atom is -0.488 e. The lowest BCUT2D eigenvalue weighted by atomic mass is 10.1. The number of thioether (sulfide) groups is 1. The van der Waals surface area contributed by atoms with Crippen LogP contribution in [0.4, 0.5) is 4.39 Å². The van der Waals surface area contributed by atoms with Gasteiger partial charge >= 0.3 is 0 Å². The van der Waals surface area contributed by atoms with Gasteiger partial charge in [0.15, 0.2) is 0 Å². The molecule has 2 heterocycles. The van der Waals surface area contributed by atoms with E-state index >= 15 is 0 Å². The second kappa shape index (κ2) is 9.60. The fourth-order valence-corrected chi connectivity index (χ4v) is 4.97. The van der Waals surface area contributed by atoms with Crippen molar-refractivity contribution in [2.45, 2.75) is 25.6 Å². The third-order valence-electron chi connectivity index (χ3n) is 4.88. The lowest BCUT2D eigenvalue weighted by Crippen LogP contribution is -2.35. The quantitative estimate of drug-likeness (QED) is 0.378. The van der Waals surface area contributed by atoms with E-state index < -0.39 is 0 Å². The molecule has 0 saturated carbocycles. The van der Waals surface area contributed by atoms with Gasteiger partial charge in [0.05, 0.1) is 17.6 Å². The Morgan fingerprint density at radius 1 is 1.33 bits per heavy atom. The number of hydrogen-bond acceptors (Lipinski definition) is 5. The third kappa shape index (κ3) is 4.94. The van der Waals surface area contributed by atoms with Gasteiger partial charge in [-0.25, -0.2) is 4.39 Å². The molecule has 0 unspecified atom stereocenters. The highest BCUT2D eigenvalue weighted by Gasteiger charge is 2.34. The van der Waals surface area contributed by atoms with Crippen LogP contribution in [0.2, 0.25) is 0 Å². The van der Waals surface area contributed by atoms with Gasteiger partial charge in [-0.1, -0.05) is 58.1 Å². The summed E-state index contributed by atoms with van der Waals surface area (Å²) in [5, 5.41) is 0. The van der Waals surface area contributed by atoms with E-state index in [2.05, 4.69) is 15.9 Å². The Labute approximate surface area is 192 Å². The van der Waals surface area contributed by atoms with Gasteiger partial charge in [-0.2, -0.15) is 0 Å². The van der Waals surface area contributed by atoms with Gasteiger partial charge in [-0.3, -0.25) is 9.69 Å².